The van der Waals surface area contributed by atoms with Crippen LogP contribution in [0.5, 0.6) is 0 Å². The van der Waals surface area contributed by atoms with Crippen molar-refractivity contribution >= 4 is 11.8 Å². The Morgan fingerprint density at radius 3 is 1.00 bits per heavy atom. The van der Waals surface area contributed by atoms with Gasteiger partial charge in [0.15, 0.2) is 0 Å². The van der Waals surface area contributed by atoms with Crippen LogP contribution in [0.2, 0.25) is 0 Å². The summed E-state index contributed by atoms with van der Waals surface area (Å²) in [7, 11) is 3.16. The highest BCUT2D eigenvalue weighted by Gasteiger charge is 2.20. The number of hydrogen-bond acceptors (Lipinski definition) is 2. The van der Waals surface area contributed by atoms with Gasteiger partial charge >= 0.3 is 0 Å². The van der Waals surface area contributed by atoms with E-state index >= 15 is 0 Å². The smallest absolute Gasteiger partial charge is 0.267 e. The molecular formula is C22H34N2O2. The maximum absolute atomic E-state index is 12.3. The van der Waals surface area contributed by atoms with Gasteiger partial charge in [-0.2, -0.15) is 0 Å². The van der Waals surface area contributed by atoms with Gasteiger partial charge < -0.3 is 0 Å². The summed E-state index contributed by atoms with van der Waals surface area (Å²) in [5.74, 6) is -0.449. The lowest BCUT2D eigenvalue weighted by Gasteiger charge is -2.28. The predicted octanol–water partition coefficient (Wildman–Crippen LogP) is 5.52. The standard InChI is InChI=1S/C16H16N2O2.3C2H6/c1-17(15(19)13-9-5-3-6-10-13)18(2)16(20)14-11-7-4-8-12-14;3*1-2/h3-12H,1-2H3;3*1-2H3. The molecule has 0 atom stereocenters. The van der Waals surface area contributed by atoms with Crippen LogP contribution < -0.4 is 0 Å². The summed E-state index contributed by atoms with van der Waals surface area (Å²) in [6, 6.07) is 17.7. The first-order chi connectivity index (χ1) is 12.6. The largest absolute Gasteiger partial charge is 0.272 e. The van der Waals surface area contributed by atoms with Crippen LogP contribution in [0.3, 0.4) is 0 Å². The van der Waals surface area contributed by atoms with Gasteiger partial charge in [-0.15, -0.1) is 0 Å². The summed E-state index contributed by atoms with van der Waals surface area (Å²) in [5.41, 5.74) is 1.09. The number of hydrogen-bond donors (Lipinski definition) is 0. The molecule has 0 aliphatic heterocycles. The van der Waals surface area contributed by atoms with E-state index in [9.17, 15) is 9.59 Å². The third-order valence-electron chi connectivity index (χ3n) is 3.08. The maximum atomic E-state index is 12.3. The fourth-order valence-electron chi connectivity index (χ4n) is 1.81. The van der Waals surface area contributed by atoms with Gasteiger partial charge in [0.2, 0.25) is 0 Å². The molecule has 144 valence electrons. The molecule has 0 heterocycles. The third kappa shape index (κ3) is 7.97. The molecular weight excluding hydrogens is 324 g/mol. The first-order valence-electron chi connectivity index (χ1n) is 9.27. The molecule has 0 saturated carbocycles. The molecule has 0 aromatic heterocycles. The van der Waals surface area contributed by atoms with Crippen molar-refractivity contribution in [2.75, 3.05) is 14.1 Å². The number of rotatable bonds is 2. The Balaban J connectivity index is 0. The van der Waals surface area contributed by atoms with Crippen LogP contribution in [0.1, 0.15) is 62.3 Å². The Kier molecular flexibility index (Phi) is 15.6. The molecule has 0 N–H and O–H groups in total. The van der Waals surface area contributed by atoms with Gasteiger partial charge in [0, 0.05) is 25.2 Å². The topological polar surface area (TPSA) is 40.6 Å². The van der Waals surface area contributed by atoms with Crippen LogP contribution in [0.4, 0.5) is 0 Å². The third-order valence-corrected chi connectivity index (χ3v) is 3.08. The van der Waals surface area contributed by atoms with E-state index in [4.69, 9.17) is 0 Å². The van der Waals surface area contributed by atoms with Crippen molar-refractivity contribution in [1.82, 2.24) is 10.0 Å². The van der Waals surface area contributed by atoms with E-state index in [0.717, 1.165) is 0 Å². The molecule has 2 aromatic carbocycles. The summed E-state index contributed by atoms with van der Waals surface area (Å²) in [6.07, 6.45) is 0. The zero-order chi connectivity index (χ0) is 20.5. The molecule has 26 heavy (non-hydrogen) atoms. The average Bonchev–Trinajstić information content (AvgIpc) is 2.77. The molecule has 2 amide bonds. The normalized spacial score (nSPS) is 8.31. The highest BCUT2D eigenvalue weighted by Crippen LogP contribution is 2.09. The molecule has 0 aliphatic rings. The molecule has 0 spiro atoms. The van der Waals surface area contributed by atoms with Crippen LogP contribution in [0, 0.1) is 0 Å². The Bertz CT molecular complexity index is 543. The van der Waals surface area contributed by atoms with Gasteiger partial charge in [-0.3, -0.25) is 19.6 Å². The summed E-state index contributed by atoms with van der Waals surface area (Å²) < 4.78 is 0. The van der Waals surface area contributed by atoms with Crippen molar-refractivity contribution in [3.63, 3.8) is 0 Å². The van der Waals surface area contributed by atoms with Gasteiger partial charge in [0.25, 0.3) is 11.8 Å². The highest BCUT2D eigenvalue weighted by molar-refractivity contribution is 5.98. The number of amides is 2. The maximum Gasteiger partial charge on any atom is 0.272 e. The number of nitrogens with zero attached hydrogens (tertiary/aromatic N) is 2. The second kappa shape index (κ2) is 15.9. The lowest BCUT2D eigenvalue weighted by atomic mass is 10.2. The van der Waals surface area contributed by atoms with Crippen LogP contribution in [0.15, 0.2) is 60.7 Å². The Morgan fingerprint density at radius 2 is 0.769 bits per heavy atom. The second-order valence-corrected chi connectivity index (χ2v) is 4.39. The fourth-order valence-corrected chi connectivity index (χ4v) is 1.81. The highest BCUT2D eigenvalue weighted by atomic mass is 16.2. The molecule has 0 unspecified atom stereocenters. The van der Waals surface area contributed by atoms with Crippen molar-refractivity contribution < 1.29 is 9.59 Å². The summed E-state index contributed by atoms with van der Waals surface area (Å²) in [5, 5.41) is 2.62. The van der Waals surface area contributed by atoms with Gasteiger partial charge in [0.05, 0.1) is 0 Å². The van der Waals surface area contributed by atoms with Gasteiger partial charge in [-0.05, 0) is 24.3 Å². The van der Waals surface area contributed by atoms with Gasteiger partial charge in [-0.1, -0.05) is 77.9 Å². The number of benzene rings is 2. The molecule has 0 saturated heterocycles. The van der Waals surface area contributed by atoms with Crippen molar-refractivity contribution in [2.45, 2.75) is 41.5 Å². The number of hydrazine groups is 1. The minimum atomic E-state index is -0.225. The molecule has 4 nitrogen and oxygen atoms in total. The average molecular weight is 359 g/mol. The Hall–Kier alpha value is -2.62. The number of carbonyl (C=O) groups excluding carboxylic acids is 2. The zero-order valence-corrected chi connectivity index (χ0v) is 17.5. The molecule has 2 rings (SSSR count). The van der Waals surface area contributed by atoms with E-state index in [2.05, 4.69) is 0 Å². The molecule has 4 heteroatoms. The molecule has 0 aliphatic carbocycles. The summed E-state index contributed by atoms with van der Waals surface area (Å²) in [4.78, 5) is 24.5. The minimum Gasteiger partial charge on any atom is -0.267 e. The van der Waals surface area contributed by atoms with Crippen LogP contribution >= 0.6 is 0 Å². The summed E-state index contributed by atoms with van der Waals surface area (Å²) >= 11 is 0. The van der Waals surface area contributed by atoms with E-state index in [-0.39, 0.29) is 11.8 Å². The van der Waals surface area contributed by atoms with Crippen LogP contribution in [-0.4, -0.2) is 35.9 Å². The van der Waals surface area contributed by atoms with Crippen molar-refractivity contribution in [3.05, 3.63) is 71.8 Å². The van der Waals surface area contributed by atoms with Gasteiger partial charge in [0.1, 0.15) is 0 Å². The van der Waals surface area contributed by atoms with E-state index in [1.807, 2.05) is 53.7 Å². The second-order valence-electron chi connectivity index (χ2n) is 4.39. The first kappa shape index (κ1) is 25.6. The van der Waals surface area contributed by atoms with Crippen molar-refractivity contribution in [1.29, 1.82) is 0 Å². The van der Waals surface area contributed by atoms with E-state index in [1.165, 1.54) is 10.0 Å². The quantitative estimate of drug-likeness (QED) is 0.663. The predicted molar refractivity (Wildman–Crippen MR) is 111 cm³/mol. The van der Waals surface area contributed by atoms with E-state index in [0.29, 0.717) is 11.1 Å². The monoisotopic (exact) mass is 358 g/mol. The lowest BCUT2D eigenvalue weighted by Crippen LogP contribution is -2.44. The molecule has 0 bridgehead atoms. The molecule has 2 aromatic rings. The first-order valence-corrected chi connectivity index (χ1v) is 9.27. The number of carbonyl (C=O) groups is 2. The van der Waals surface area contributed by atoms with E-state index in [1.54, 1.807) is 62.6 Å². The summed E-state index contributed by atoms with van der Waals surface area (Å²) in [6.45, 7) is 12.0. The van der Waals surface area contributed by atoms with Crippen molar-refractivity contribution in [3.8, 4) is 0 Å². The lowest BCUT2D eigenvalue weighted by molar-refractivity contribution is 0.0186. The molecule has 0 fully saturated rings. The van der Waals surface area contributed by atoms with Crippen molar-refractivity contribution in [2.24, 2.45) is 0 Å². The Morgan fingerprint density at radius 1 is 0.538 bits per heavy atom. The van der Waals surface area contributed by atoms with Crippen LogP contribution in [-0.2, 0) is 0 Å². The van der Waals surface area contributed by atoms with Crippen LogP contribution in [0.25, 0.3) is 0 Å². The van der Waals surface area contributed by atoms with Gasteiger partial charge in [-0.25, -0.2) is 0 Å². The minimum absolute atomic E-state index is 0.225. The Labute approximate surface area is 159 Å². The SMILES string of the molecule is CC.CC.CC.CN(C(=O)c1ccccc1)N(C)C(=O)c1ccccc1. The van der Waals surface area contributed by atoms with E-state index < -0.39 is 0 Å². The molecule has 0 radical (unpaired) electrons. The fraction of sp³-hybridized carbons (Fsp3) is 0.364. The zero-order valence-electron chi connectivity index (χ0n) is 17.5.